The molecular formula is C62H117N2O7P. The molecule has 72 heavy (non-hydrogen) atoms. The molecule has 0 bridgehead atoms. The zero-order valence-corrected chi connectivity index (χ0v) is 49.0. The minimum Gasteiger partial charge on any atom is -0.756 e. The maximum atomic E-state index is 13.5. The van der Waals surface area contributed by atoms with Gasteiger partial charge in [0.05, 0.1) is 33.8 Å². The van der Waals surface area contributed by atoms with E-state index in [2.05, 4.69) is 62.5 Å². The van der Waals surface area contributed by atoms with Crippen LogP contribution >= 0.6 is 7.82 Å². The standard InChI is InChI=1S/C62H117N2O7P/c1-7-10-13-16-19-22-25-28-29-30-31-32-33-34-35-37-39-42-45-48-51-54-61(65)63-59(58-70-72(67,68)69-57-56-64(4,5)6)60(53-50-47-44-41-38-27-24-21-18-15-12-9-3)71-62(66)55-52-49-46-43-40-36-26-23-20-17-14-11-8-2/h19,22,28-29,36,40,50,53,59-60H,7-18,20-21,23-27,30-35,37-39,41-49,51-52,54-58H2,1-6H3,(H-,63,65,67,68)/b22-19-,29-28-,40-36-,53-50-. The number of nitrogens with one attached hydrogen (secondary N) is 1. The van der Waals surface area contributed by atoms with Crippen LogP contribution in [0.1, 0.15) is 284 Å². The second kappa shape index (κ2) is 52.4. The Balaban J connectivity index is 5.23. The average molecular weight is 1030 g/mol. The predicted octanol–water partition coefficient (Wildman–Crippen LogP) is 17.9. The Morgan fingerprint density at radius 1 is 0.486 bits per heavy atom. The summed E-state index contributed by atoms with van der Waals surface area (Å²) in [6.07, 6.45) is 63.6. The van der Waals surface area contributed by atoms with E-state index in [0.29, 0.717) is 23.9 Å². The zero-order valence-electron chi connectivity index (χ0n) is 48.1. The number of phosphoric ester groups is 1. The van der Waals surface area contributed by atoms with Crippen molar-refractivity contribution in [1.29, 1.82) is 0 Å². The highest BCUT2D eigenvalue weighted by molar-refractivity contribution is 7.45. The van der Waals surface area contributed by atoms with Crippen LogP contribution in [0.2, 0.25) is 0 Å². The van der Waals surface area contributed by atoms with Crippen molar-refractivity contribution in [2.45, 2.75) is 296 Å². The number of carbonyl (C=O) groups excluding carboxylic acids is 2. The minimum atomic E-state index is -4.70. The Labute approximate surface area is 446 Å². The third-order valence-corrected chi connectivity index (χ3v) is 14.4. The highest BCUT2D eigenvalue weighted by Crippen LogP contribution is 2.38. The van der Waals surface area contributed by atoms with Gasteiger partial charge in [0.15, 0.2) is 0 Å². The van der Waals surface area contributed by atoms with Gasteiger partial charge in [0, 0.05) is 12.8 Å². The molecule has 0 saturated carbocycles. The van der Waals surface area contributed by atoms with Gasteiger partial charge in [-0.25, -0.2) is 0 Å². The molecule has 0 aliphatic carbocycles. The van der Waals surface area contributed by atoms with Gasteiger partial charge in [0.1, 0.15) is 19.3 Å². The summed E-state index contributed by atoms with van der Waals surface area (Å²) in [5, 5.41) is 3.02. The molecule has 0 aliphatic rings. The molecule has 0 saturated heterocycles. The molecule has 0 fully saturated rings. The van der Waals surface area contributed by atoms with E-state index in [9.17, 15) is 19.0 Å². The number of esters is 1. The number of ether oxygens (including phenoxy) is 1. The van der Waals surface area contributed by atoms with Gasteiger partial charge in [0.2, 0.25) is 5.91 Å². The second-order valence-electron chi connectivity index (χ2n) is 21.8. The Bertz CT molecular complexity index is 1380. The van der Waals surface area contributed by atoms with E-state index in [1.807, 2.05) is 33.3 Å². The highest BCUT2D eigenvalue weighted by Gasteiger charge is 2.27. The quantitative estimate of drug-likeness (QED) is 0.0212. The molecular weight excluding hydrogens is 916 g/mol. The number of amides is 1. The van der Waals surface area contributed by atoms with Gasteiger partial charge < -0.3 is 28.5 Å². The number of hydrogen-bond donors (Lipinski definition) is 1. The lowest BCUT2D eigenvalue weighted by Crippen LogP contribution is -2.47. The summed E-state index contributed by atoms with van der Waals surface area (Å²) < 4.78 is 30.3. The molecule has 0 aromatic rings. The number of likely N-dealkylation sites (N-methyl/N-ethyl adjacent to an activating group) is 1. The minimum absolute atomic E-state index is 0.0245. The molecule has 0 rings (SSSR count). The fourth-order valence-electron chi connectivity index (χ4n) is 8.72. The van der Waals surface area contributed by atoms with Crippen molar-refractivity contribution < 1.29 is 37.3 Å². The van der Waals surface area contributed by atoms with Crippen LogP contribution < -0.4 is 10.2 Å². The Kier molecular flexibility index (Phi) is 50.9. The summed E-state index contributed by atoms with van der Waals surface area (Å²) in [5.74, 6) is -0.556. The summed E-state index contributed by atoms with van der Waals surface area (Å²) in [4.78, 5) is 39.9. The van der Waals surface area contributed by atoms with Crippen LogP contribution in [0.15, 0.2) is 48.6 Å². The van der Waals surface area contributed by atoms with Gasteiger partial charge in [-0.2, -0.15) is 0 Å². The first-order chi connectivity index (χ1) is 34.9. The van der Waals surface area contributed by atoms with Crippen molar-refractivity contribution in [3.63, 3.8) is 0 Å². The van der Waals surface area contributed by atoms with E-state index in [4.69, 9.17) is 13.8 Å². The Morgan fingerprint density at radius 2 is 0.847 bits per heavy atom. The molecule has 3 atom stereocenters. The largest absolute Gasteiger partial charge is 0.756 e. The molecule has 10 heteroatoms. The smallest absolute Gasteiger partial charge is 0.306 e. The Hall–Kier alpha value is -2.03. The third-order valence-electron chi connectivity index (χ3n) is 13.5. The first-order valence-corrected chi connectivity index (χ1v) is 31.9. The van der Waals surface area contributed by atoms with Crippen LogP contribution in [0, 0.1) is 0 Å². The van der Waals surface area contributed by atoms with Crippen LogP contribution in [0.4, 0.5) is 0 Å². The molecule has 0 radical (unpaired) electrons. The lowest BCUT2D eigenvalue weighted by atomic mass is 10.0. The van der Waals surface area contributed by atoms with Gasteiger partial charge >= 0.3 is 5.97 Å². The average Bonchev–Trinajstić information content (AvgIpc) is 3.34. The number of unbranched alkanes of at least 4 members (excludes halogenated alkanes) is 33. The molecule has 3 unspecified atom stereocenters. The summed E-state index contributed by atoms with van der Waals surface area (Å²) in [7, 11) is 1.18. The van der Waals surface area contributed by atoms with Crippen molar-refractivity contribution in [1.82, 2.24) is 5.32 Å². The second-order valence-corrected chi connectivity index (χ2v) is 23.3. The topological polar surface area (TPSA) is 114 Å². The number of nitrogens with zero attached hydrogens (tertiary/aromatic N) is 1. The van der Waals surface area contributed by atoms with Crippen molar-refractivity contribution >= 4 is 19.7 Å². The molecule has 0 aromatic carbocycles. The van der Waals surface area contributed by atoms with Gasteiger partial charge in [-0.05, 0) is 89.5 Å². The van der Waals surface area contributed by atoms with Gasteiger partial charge in [-0.15, -0.1) is 0 Å². The maximum Gasteiger partial charge on any atom is 0.306 e. The fraction of sp³-hybridized carbons (Fsp3) is 0.839. The van der Waals surface area contributed by atoms with Crippen LogP contribution in [-0.4, -0.2) is 69.4 Å². The monoisotopic (exact) mass is 1030 g/mol. The molecule has 0 heterocycles. The number of allylic oxidation sites excluding steroid dienone is 7. The summed E-state index contributed by atoms with van der Waals surface area (Å²) in [6.45, 7) is 6.81. The highest BCUT2D eigenvalue weighted by atomic mass is 31.2. The molecule has 0 aliphatic heterocycles. The van der Waals surface area contributed by atoms with Gasteiger partial charge in [-0.1, -0.05) is 230 Å². The number of quaternary nitrogens is 1. The van der Waals surface area contributed by atoms with E-state index < -0.39 is 26.6 Å². The van der Waals surface area contributed by atoms with Gasteiger partial charge in [0.25, 0.3) is 7.82 Å². The molecule has 0 spiro atoms. The molecule has 1 N–H and O–H groups in total. The van der Waals surface area contributed by atoms with Crippen LogP contribution in [-0.2, 0) is 27.9 Å². The molecule has 9 nitrogen and oxygen atoms in total. The van der Waals surface area contributed by atoms with Crippen LogP contribution in [0.25, 0.3) is 0 Å². The van der Waals surface area contributed by atoms with E-state index in [0.717, 1.165) is 70.6 Å². The SMILES string of the molecule is CCCCC/C=C\C/C=C\CCCCCCCCCCCCCC(=O)NC(COP(=O)([O-])OCC[N+](C)(C)C)C(/C=C\CCCCCCCCCCCC)OC(=O)CCCCC/C=C\CCCCCCCC. The normalized spacial score (nSPS) is 14.0. The lowest BCUT2D eigenvalue weighted by molar-refractivity contribution is -0.870. The first-order valence-electron chi connectivity index (χ1n) is 30.4. The first kappa shape index (κ1) is 70.0. The van der Waals surface area contributed by atoms with E-state index in [1.165, 1.54) is 173 Å². The molecule has 1 amide bonds. The number of rotatable bonds is 55. The number of carbonyl (C=O) groups is 2. The molecule has 422 valence electrons. The van der Waals surface area contributed by atoms with E-state index in [-0.39, 0.29) is 24.9 Å². The number of hydrogen-bond acceptors (Lipinski definition) is 7. The lowest BCUT2D eigenvalue weighted by Gasteiger charge is -2.30. The van der Waals surface area contributed by atoms with E-state index in [1.54, 1.807) is 0 Å². The van der Waals surface area contributed by atoms with E-state index >= 15 is 0 Å². The van der Waals surface area contributed by atoms with Crippen LogP contribution in [0.3, 0.4) is 0 Å². The van der Waals surface area contributed by atoms with Crippen molar-refractivity contribution in [2.24, 2.45) is 0 Å². The fourth-order valence-corrected chi connectivity index (χ4v) is 9.45. The predicted molar refractivity (Wildman–Crippen MR) is 307 cm³/mol. The van der Waals surface area contributed by atoms with Crippen molar-refractivity contribution in [3.05, 3.63) is 48.6 Å². The third kappa shape index (κ3) is 52.8. The Morgan fingerprint density at radius 3 is 1.31 bits per heavy atom. The maximum absolute atomic E-state index is 13.5. The van der Waals surface area contributed by atoms with Gasteiger partial charge in [-0.3, -0.25) is 14.2 Å². The van der Waals surface area contributed by atoms with Crippen molar-refractivity contribution in [3.8, 4) is 0 Å². The molecule has 0 aromatic heterocycles. The van der Waals surface area contributed by atoms with Crippen LogP contribution in [0.5, 0.6) is 0 Å². The van der Waals surface area contributed by atoms with Crippen molar-refractivity contribution in [2.75, 3.05) is 40.9 Å². The summed E-state index contributed by atoms with van der Waals surface area (Å²) >= 11 is 0. The summed E-state index contributed by atoms with van der Waals surface area (Å²) in [6, 6.07) is -0.893. The zero-order chi connectivity index (χ0) is 52.9. The number of phosphoric acid groups is 1. The summed E-state index contributed by atoms with van der Waals surface area (Å²) in [5.41, 5.74) is 0.